The van der Waals surface area contributed by atoms with E-state index in [2.05, 4.69) is 26.8 Å². The van der Waals surface area contributed by atoms with E-state index in [4.69, 9.17) is 9.47 Å². The quantitative estimate of drug-likeness (QED) is 0.530. The standard InChI is InChI=1S/C15H28N4O4S/c1-12-18(8-9-19(12)24-5)10-11-22-13(20)16-6-7-17-14(21)23-15(2,3)4/h8-9,12H,6-7,10-11H2,1-5H3,(H,16,20)(H,17,21). The molecule has 0 saturated carbocycles. The van der Waals surface area contributed by atoms with Crippen molar-refractivity contribution in [2.75, 3.05) is 32.5 Å². The van der Waals surface area contributed by atoms with Gasteiger partial charge in [-0.1, -0.05) is 11.9 Å². The van der Waals surface area contributed by atoms with Crippen LogP contribution in [0.1, 0.15) is 27.7 Å². The molecule has 0 bridgehead atoms. The number of hydrogen-bond acceptors (Lipinski definition) is 7. The first-order valence-electron chi connectivity index (χ1n) is 7.87. The van der Waals surface area contributed by atoms with Gasteiger partial charge in [-0.3, -0.25) is 0 Å². The number of nitrogens with zero attached hydrogens (tertiary/aromatic N) is 2. The van der Waals surface area contributed by atoms with Crippen LogP contribution in [0.4, 0.5) is 9.59 Å². The number of nitrogens with one attached hydrogen (secondary N) is 2. The van der Waals surface area contributed by atoms with Crippen molar-refractivity contribution in [3.05, 3.63) is 12.4 Å². The largest absolute Gasteiger partial charge is 0.448 e. The molecule has 0 spiro atoms. The molecule has 24 heavy (non-hydrogen) atoms. The lowest BCUT2D eigenvalue weighted by molar-refractivity contribution is 0.0527. The van der Waals surface area contributed by atoms with Crippen molar-refractivity contribution in [1.29, 1.82) is 0 Å². The molecule has 0 saturated heterocycles. The van der Waals surface area contributed by atoms with Crippen molar-refractivity contribution in [3.63, 3.8) is 0 Å². The zero-order valence-corrected chi connectivity index (χ0v) is 15.8. The van der Waals surface area contributed by atoms with Crippen LogP contribution in [0.3, 0.4) is 0 Å². The Morgan fingerprint density at radius 2 is 1.79 bits per heavy atom. The van der Waals surface area contributed by atoms with Crippen LogP contribution in [0.25, 0.3) is 0 Å². The number of hydrogen-bond donors (Lipinski definition) is 2. The van der Waals surface area contributed by atoms with E-state index in [1.165, 1.54) is 0 Å². The summed E-state index contributed by atoms with van der Waals surface area (Å²) >= 11 is 1.64. The van der Waals surface area contributed by atoms with Gasteiger partial charge in [0.2, 0.25) is 0 Å². The number of alkyl carbamates (subject to hydrolysis) is 2. The molecule has 0 aromatic heterocycles. The van der Waals surface area contributed by atoms with Gasteiger partial charge in [0.1, 0.15) is 18.4 Å². The molecule has 1 aliphatic heterocycles. The van der Waals surface area contributed by atoms with Gasteiger partial charge in [-0.25, -0.2) is 9.59 Å². The minimum absolute atomic E-state index is 0.240. The lowest BCUT2D eigenvalue weighted by Gasteiger charge is -2.27. The van der Waals surface area contributed by atoms with E-state index in [-0.39, 0.29) is 19.3 Å². The topological polar surface area (TPSA) is 83.1 Å². The number of carbonyl (C=O) groups excluding carboxylic acids is 2. The SMILES string of the molecule is CSN1C=CN(CCOC(=O)NCCNC(=O)OC(C)(C)C)C1C. The average Bonchev–Trinajstić information content (AvgIpc) is 2.82. The maximum Gasteiger partial charge on any atom is 0.407 e. The van der Waals surface area contributed by atoms with Crippen molar-refractivity contribution in [3.8, 4) is 0 Å². The molecular formula is C15H28N4O4S. The van der Waals surface area contributed by atoms with E-state index >= 15 is 0 Å². The van der Waals surface area contributed by atoms with Crippen LogP contribution in [0.2, 0.25) is 0 Å². The molecule has 1 heterocycles. The highest BCUT2D eigenvalue weighted by molar-refractivity contribution is 7.96. The fourth-order valence-corrected chi connectivity index (χ4v) is 2.56. The Bertz CT molecular complexity index is 453. The van der Waals surface area contributed by atoms with Gasteiger partial charge in [-0.05, 0) is 27.7 Å². The van der Waals surface area contributed by atoms with Gasteiger partial charge in [-0.15, -0.1) is 0 Å². The molecule has 138 valence electrons. The summed E-state index contributed by atoms with van der Waals surface area (Å²) in [4.78, 5) is 25.1. The van der Waals surface area contributed by atoms with Crippen molar-refractivity contribution in [1.82, 2.24) is 19.8 Å². The monoisotopic (exact) mass is 360 g/mol. The maximum atomic E-state index is 11.6. The Balaban J connectivity index is 2.07. The van der Waals surface area contributed by atoms with Crippen molar-refractivity contribution < 1.29 is 19.1 Å². The molecular weight excluding hydrogens is 332 g/mol. The first kappa shape index (κ1) is 20.3. The lowest BCUT2D eigenvalue weighted by atomic mass is 10.2. The summed E-state index contributed by atoms with van der Waals surface area (Å²) in [5.41, 5.74) is -0.538. The molecule has 0 fully saturated rings. The van der Waals surface area contributed by atoms with Crippen LogP contribution in [0.15, 0.2) is 12.4 Å². The Morgan fingerprint density at radius 3 is 2.33 bits per heavy atom. The second kappa shape index (κ2) is 9.51. The van der Waals surface area contributed by atoms with Gasteiger partial charge in [0, 0.05) is 31.7 Å². The summed E-state index contributed by atoms with van der Waals surface area (Å²) in [6.07, 6.45) is 5.22. The summed E-state index contributed by atoms with van der Waals surface area (Å²) < 4.78 is 12.3. The summed E-state index contributed by atoms with van der Waals surface area (Å²) in [5, 5.41) is 5.13. The third-order valence-corrected chi connectivity index (χ3v) is 3.96. The molecule has 2 amide bonds. The van der Waals surface area contributed by atoms with Gasteiger partial charge in [0.25, 0.3) is 0 Å². The molecule has 1 atom stereocenters. The molecule has 1 rings (SSSR count). The molecule has 2 N–H and O–H groups in total. The number of rotatable bonds is 7. The normalized spacial score (nSPS) is 17.0. The van der Waals surface area contributed by atoms with E-state index < -0.39 is 17.8 Å². The molecule has 0 radical (unpaired) electrons. The molecule has 1 aliphatic rings. The summed E-state index contributed by atoms with van der Waals surface area (Å²) in [7, 11) is 0. The zero-order chi connectivity index (χ0) is 18.2. The summed E-state index contributed by atoms with van der Waals surface area (Å²) in [5.74, 6) is 0. The highest BCUT2D eigenvalue weighted by atomic mass is 32.2. The number of ether oxygens (including phenoxy) is 2. The van der Waals surface area contributed by atoms with Crippen LogP contribution in [-0.4, -0.2) is 65.7 Å². The Morgan fingerprint density at radius 1 is 1.17 bits per heavy atom. The smallest absolute Gasteiger partial charge is 0.407 e. The van der Waals surface area contributed by atoms with Crippen LogP contribution in [0.5, 0.6) is 0 Å². The Hall–Kier alpha value is -1.77. The van der Waals surface area contributed by atoms with Crippen molar-refractivity contribution >= 4 is 24.1 Å². The highest BCUT2D eigenvalue weighted by Gasteiger charge is 2.21. The molecule has 0 aromatic rings. The van der Waals surface area contributed by atoms with Gasteiger partial charge < -0.3 is 29.3 Å². The Labute approximate surface area is 148 Å². The van der Waals surface area contributed by atoms with Crippen LogP contribution < -0.4 is 10.6 Å². The van der Waals surface area contributed by atoms with E-state index in [0.29, 0.717) is 13.2 Å². The predicted octanol–water partition coefficient (Wildman–Crippen LogP) is 1.95. The molecule has 0 aliphatic carbocycles. The minimum atomic E-state index is -0.538. The van der Waals surface area contributed by atoms with Crippen molar-refractivity contribution in [2.24, 2.45) is 0 Å². The second-order valence-corrected chi connectivity index (χ2v) is 6.99. The van der Waals surface area contributed by atoms with E-state index in [1.54, 1.807) is 32.7 Å². The summed E-state index contributed by atoms with van der Waals surface area (Å²) in [6, 6.07) is 0. The Kier molecular flexibility index (Phi) is 8.03. The molecule has 9 heteroatoms. The van der Waals surface area contributed by atoms with Crippen LogP contribution in [0, 0.1) is 0 Å². The number of amides is 2. The third kappa shape index (κ3) is 7.67. The van der Waals surface area contributed by atoms with Crippen LogP contribution >= 0.6 is 11.9 Å². The average molecular weight is 360 g/mol. The fraction of sp³-hybridized carbons (Fsp3) is 0.733. The third-order valence-electron chi connectivity index (χ3n) is 3.11. The second-order valence-electron chi connectivity index (χ2n) is 6.20. The summed E-state index contributed by atoms with van der Waals surface area (Å²) in [6.45, 7) is 8.92. The van der Waals surface area contributed by atoms with Gasteiger partial charge in [0.15, 0.2) is 0 Å². The molecule has 1 unspecified atom stereocenters. The van der Waals surface area contributed by atoms with E-state index in [0.717, 1.165) is 0 Å². The minimum Gasteiger partial charge on any atom is -0.448 e. The number of carbonyl (C=O) groups is 2. The lowest BCUT2D eigenvalue weighted by Crippen LogP contribution is -2.39. The van der Waals surface area contributed by atoms with E-state index in [9.17, 15) is 9.59 Å². The predicted molar refractivity (Wildman–Crippen MR) is 94.2 cm³/mol. The van der Waals surface area contributed by atoms with Gasteiger partial charge in [0.05, 0.1) is 6.54 Å². The molecule has 8 nitrogen and oxygen atoms in total. The molecule has 0 aromatic carbocycles. The highest BCUT2D eigenvalue weighted by Crippen LogP contribution is 2.21. The van der Waals surface area contributed by atoms with Gasteiger partial charge >= 0.3 is 12.2 Å². The fourth-order valence-electron chi connectivity index (χ4n) is 1.96. The van der Waals surface area contributed by atoms with E-state index in [1.807, 2.05) is 18.7 Å². The zero-order valence-electron chi connectivity index (χ0n) is 15.0. The maximum absolute atomic E-state index is 11.6. The first-order valence-corrected chi connectivity index (χ1v) is 9.05. The van der Waals surface area contributed by atoms with Gasteiger partial charge in [-0.2, -0.15) is 0 Å². The van der Waals surface area contributed by atoms with Crippen LogP contribution in [-0.2, 0) is 9.47 Å². The first-order chi connectivity index (χ1) is 11.2. The van der Waals surface area contributed by atoms with Crippen molar-refractivity contribution in [2.45, 2.75) is 39.5 Å².